The van der Waals surface area contributed by atoms with Crippen LogP contribution in [0.5, 0.6) is 0 Å². The van der Waals surface area contributed by atoms with Crippen molar-refractivity contribution < 1.29 is 8.78 Å². The van der Waals surface area contributed by atoms with Crippen molar-refractivity contribution in [1.29, 1.82) is 0 Å². The summed E-state index contributed by atoms with van der Waals surface area (Å²) in [7, 11) is 0. The lowest BCUT2D eigenvalue weighted by Gasteiger charge is -2.31. The van der Waals surface area contributed by atoms with Gasteiger partial charge >= 0.3 is 0 Å². The highest BCUT2D eigenvalue weighted by Crippen LogP contribution is 2.34. The van der Waals surface area contributed by atoms with E-state index in [0.717, 1.165) is 0 Å². The van der Waals surface area contributed by atoms with E-state index in [4.69, 9.17) is 11.5 Å². The molecule has 2 aromatic rings. The maximum atomic E-state index is 14.1. The summed E-state index contributed by atoms with van der Waals surface area (Å²) >= 11 is 0. The maximum absolute atomic E-state index is 14.1. The third-order valence-corrected chi connectivity index (χ3v) is 3.69. The van der Waals surface area contributed by atoms with Crippen LogP contribution in [0.4, 0.5) is 14.5 Å². The minimum absolute atomic E-state index is 0.00340. The fourth-order valence-electron chi connectivity index (χ4n) is 2.67. The van der Waals surface area contributed by atoms with Crippen molar-refractivity contribution in [3.63, 3.8) is 0 Å². The molecule has 0 fully saturated rings. The number of amidine groups is 1. The summed E-state index contributed by atoms with van der Waals surface area (Å²) in [6, 6.07) is 4.27. The predicted molar refractivity (Wildman–Crippen MR) is 87.2 cm³/mol. The van der Waals surface area contributed by atoms with Crippen molar-refractivity contribution in [3.05, 3.63) is 46.8 Å². The molecule has 4 N–H and O–H groups in total. The smallest absolute Gasteiger partial charge is 0.175 e. The molecule has 0 spiro atoms. The minimum Gasteiger partial charge on any atom is -0.399 e. The van der Waals surface area contributed by atoms with Crippen molar-refractivity contribution in [2.75, 3.05) is 5.73 Å². The van der Waals surface area contributed by atoms with Crippen LogP contribution >= 0.6 is 0 Å². The van der Waals surface area contributed by atoms with Crippen LogP contribution in [0.1, 0.15) is 37.7 Å². The average molecular weight is 321 g/mol. The number of aryl methyl sites for hydroxylation is 1. The first kappa shape index (κ1) is 16.9. The molecule has 3 rings (SSSR count). The number of nitrogens with zero attached hydrogens (tertiary/aromatic N) is 3. The Labute approximate surface area is 134 Å². The van der Waals surface area contributed by atoms with Crippen LogP contribution in [0, 0.1) is 18.6 Å². The van der Waals surface area contributed by atoms with E-state index in [1.807, 2.05) is 13.8 Å². The number of aliphatic imine (C=N–C) groups is 1. The second-order valence-electron chi connectivity index (χ2n) is 5.42. The quantitative estimate of drug-likeness (QED) is 0.792. The minimum atomic E-state index is -0.985. The topological polar surface area (TPSA) is 82.2 Å². The molecule has 0 amide bonds. The van der Waals surface area contributed by atoms with E-state index >= 15 is 0 Å². The maximum Gasteiger partial charge on any atom is 0.175 e. The zero-order valence-electron chi connectivity index (χ0n) is 13.7. The van der Waals surface area contributed by atoms with Gasteiger partial charge in [-0.2, -0.15) is 5.10 Å². The summed E-state index contributed by atoms with van der Waals surface area (Å²) in [5, 5.41) is 4.10. The molecule has 1 aliphatic heterocycles. The normalized spacial score (nSPS) is 19.5. The van der Waals surface area contributed by atoms with E-state index in [0.29, 0.717) is 11.3 Å². The molecule has 1 aromatic heterocycles. The Morgan fingerprint density at radius 1 is 1.22 bits per heavy atom. The Morgan fingerprint density at radius 2 is 1.87 bits per heavy atom. The van der Waals surface area contributed by atoms with Gasteiger partial charge < -0.3 is 11.5 Å². The molecule has 23 heavy (non-hydrogen) atoms. The molecular weight excluding hydrogens is 300 g/mol. The summed E-state index contributed by atoms with van der Waals surface area (Å²) in [6.45, 7) is 7.45. The number of anilines is 1. The Balaban J connectivity index is 0.000000924. The second-order valence-corrected chi connectivity index (χ2v) is 5.42. The molecule has 2 heterocycles. The lowest BCUT2D eigenvalue weighted by Crippen LogP contribution is -2.38. The van der Waals surface area contributed by atoms with E-state index in [9.17, 15) is 8.78 Å². The summed E-state index contributed by atoms with van der Waals surface area (Å²) in [5.74, 6) is -0.925. The zero-order valence-corrected chi connectivity index (χ0v) is 13.7. The number of hydrogen-bond acceptors (Lipinski definition) is 4. The number of halogens is 2. The van der Waals surface area contributed by atoms with Crippen molar-refractivity contribution in [1.82, 2.24) is 9.78 Å². The van der Waals surface area contributed by atoms with Gasteiger partial charge in [-0.05, 0) is 32.0 Å². The van der Waals surface area contributed by atoms with Gasteiger partial charge in [-0.1, -0.05) is 13.8 Å². The number of nitrogen functional groups attached to an aromatic ring is 1. The number of fused-ring (bicyclic) bond motifs is 1. The Bertz CT molecular complexity index is 766. The predicted octanol–water partition coefficient (Wildman–Crippen LogP) is 2.71. The van der Waals surface area contributed by atoms with Crippen LogP contribution < -0.4 is 11.5 Å². The third kappa shape index (κ3) is 2.78. The number of hydrogen-bond donors (Lipinski definition) is 2. The van der Waals surface area contributed by atoms with Crippen molar-refractivity contribution in [2.45, 2.75) is 39.8 Å². The van der Waals surface area contributed by atoms with Crippen LogP contribution in [0.2, 0.25) is 0 Å². The van der Waals surface area contributed by atoms with Crippen LogP contribution in [-0.2, 0) is 12.1 Å². The Kier molecular flexibility index (Phi) is 4.40. The van der Waals surface area contributed by atoms with Crippen molar-refractivity contribution in [2.24, 2.45) is 10.7 Å². The van der Waals surface area contributed by atoms with Gasteiger partial charge in [0.25, 0.3) is 0 Å². The van der Waals surface area contributed by atoms with Crippen LogP contribution in [-0.4, -0.2) is 15.6 Å². The van der Waals surface area contributed by atoms with Crippen molar-refractivity contribution in [3.8, 4) is 0 Å². The fraction of sp³-hybridized carbons (Fsp3) is 0.375. The molecule has 1 atom stereocenters. The molecule has 1 unspecified atom stereocenters. The number of rotatable bonds is 1. The highest BCUT2D eigenvalue weighted by Gasteiger charge is 2.37. The SMILES string of the molecule is CC.Cc1nn2c(c1F)C(N)=NC(C)(c1cc(N)ccc1F)C2. The highest BCUT2D eigenvalue weighted by atomic mass is 19.1. The summed E-state index contributed by atoms with van der Waals surface area (Å²) in [5.41, 5.74) is 11.7. The summed E-state index contributed by atoms with van der Waals surface area (Å²) in [6.07, 6.45) is 0. The van der Waals surface area contributed by atoms with Crippen LogP contribution in [0.25, 0.3) is 0 Å². The van der Waals surface area contributed by atoms with Gasteiger partial charge in [0.2, 0.25) is 0 Å². The summed E-state index contributed by atoms with van der Waals surface area (Å²) in [4.78, 5) is 4.30. The third-order valence-electron chi connectivity index (χ3n) is 3.69. The van der Waals surface area contributed by atoms with E-state index in [1.165, 1.54) is 22.9 Å². The van der Waals surface area contributed by atoms with Gasteiger partial charge in [0, 0.05) is 11.3 Å². The highest BCUT2D eigenvalue weighted by molar-refractivity contribution is 5.97. The first-order valence-corrected chi connectivity index (χ1v) is 7.46. The van der Waals surface area contributed by atoms with Gasteiger partial charge in [-0.25, -0.2) is 8.78 Å². The second kappa shape index (κ2) is 5.98. The Morgan fingerprint density at radius 3 is 2.52 bits per heavy atom. The van der Waals surface area contributed by atoms with Gasteiger partial charge in [0.15, 0.2) is 5.82 Å². The standard InChI is InChI=1S/C14H15F2N5.C2H6/c1-7-11(16)12-13(18)19-14(2,6-21(12)20-7)9-5-8(17)3-4-10(9)15;1-2/h3-5H,6,17H2,1-2H3,(H2,18,19);1-2H3. The molecule has 0 radical (unpaired) electrons. The van der Waals surface area contributed by atoms with Crippen LogP contribution in [0.3, 0.4) is 0 Å². The molecular formula is C16H21F2N5. The largest absolute Gasteiger partial charge is 0.399 e. The molecule has 0 saturated heterocycles. The molecule has 5 nitrogen and oxygen atoms in total. The van der Waals surface area contributed by atoms with Crippen molar-refractivity contribution >= 4 is 11.5 Å². The van der Waals surface area contributed by atoms with Gasteiger partial charge in [0.1, 0.15) is 22.9 Å². The van der Waals surface area contributed by atoms with E-state index in [1.54, 1.807) is 13.8 Å². The molecule has 0 bridgehead atoms. The number of nitrogens with two attached hydrogens (primary N) is 2. The monoisotopic (exact) mass is 321 g/mol. The zero-order chi connectivity index (χ0) is 17.4. The lowest BCUT2D eigenvalue weighted by molar-refractivity contribution is 0.361. The molecule has 1 aliphatic rings. The fourth-order valence-corrected chi connectivity index (χ4v) is 2.67. The van der Waals surface area contributed by atoms with Crippen LogP contribution in [0.15, 0.2) is 23.2 Å². The Hall–Kier alpha value is -2.44. The molecule has 0 aliphatic carbocycles. The van der Waals surface area contributed by atoms with E-state index in [2.05, 4.69) is 10.1 Å². The van der Waals surface area contributed by atoms with Gasteiger partial charge in [-0.15, -0.1) is 0 Å². The average Bonchev–Trinajstić information content (AvgIpc) is 2.78. The first-order valence-electron chi connectivity index (χ1n) is 7.46. The molecule has 124 valence electrons. The number of benzene rings is 1. The lowest BCUT2D eigenvalue weighted by atomic mass is 9.90. The van der Waals surface area contributed by atoms with Gasteiger partial charge in [0.05, 0.1) is 12.2 Å². The number of aromatic nitrogens is 2. The summed E-state index contributed by atoms with van der Waals surface area (Å²) < 4.78 is 29.5. The van der Waals surface area contributed by atoms with Gasteiger partial charge in [-0.3, -0.25) is 9.67 Å². The van der Waals surface area contributed by atoms with E-state index < -0.39 is 17.2 Å². The molecule has 0 saturated carbocycles. The molecule has 7 heteroatoms. The molecule has 1 aromatic carbocycles. The first-order chi connectivity index (χ1) is 10.8. The van der Waals surface area contributed by atoms with E-state index in [-0.39, 0.29) is 23.8 Å².